The minimum absolute atomic E-state index is 0.0417. The van der Waals surface area contributed by atoms with Gasteiger partial charge in [-0.15, -0.1) is 0 Å². The summed E-state index contributed by atoms with van der Waals surface area (Å²) in [6, 6.07) is 9.63. The first-order valence-corrected chi connectivity index (χ1v) is 6.87. The predicted molar refractivity (Wildman–Crippen MR) is 85.2 cm³/mol. The maximum Gasteiger partial charge on any atom is 0.156 e. The lowest BCUT2D eigenvalue weighted by Gasteiger charge is -2.23. The maximum absolute atomic E-state index is 7.59. The topological polar surface area (TPSA) is 72.0 Å². The van der Waals surface area contributed by atoms with Gasteiger partial charge < -0.3 is 10.5 Å². The normalized spacial score (nSPS) is 11.2. The molecule has 0 saturated heterocycles. The molecule has 0 saturated carbocycles. The van der Waals surface area contributed by atoms with Gasteiger partial charge in [0.2, 0.25) is 0 Å². The molecule has 0 spiro atoms. The van der Waals surface area contributed by atoms with Crippen molar-refractivity contribution >= 4 is 5.84 Å². The van der Waals surface area contributed by atoms with Gasteiger partial charge in [0.1, 0.15) is 17.3 Å². The second-order valence-electron chi connectivity index (χ2n) is 6.12. The SMILES string of the molecule is Cc1ccc(Oc2cccnc2C(=N)N)c(C(C)(C)C)c1. The molecule has 2 rings (SSSR count). The molecule has 0 aliphatic heterocycles. The lowest BCUT2D eigenvalue weighted by Crippen LogP contribution is -2.16. The molecule has 1 aromatic heterocycles. The van der Waals surface area contributed by atoms with Crippen LogP contribution in [0.25, 0.3) is 0 Å². The van der Waals surface area contributed by atoms with E-state index in [1.54, 1.807) is 18.3 Å². The Kier molecular flexibility index (Phi) is 3.98. The van der Waals surface area contributed by atoms with Crippen LogP contribution in [0.4, 0.5) is 0 Å². The summed E-state index contributed by atoms with van der Waals surface area (Å²) in [7, 11) is 0. The average Bonchev–Trinajstić information content (AvgIpc) is 2.40. The van der Waals surface area contributed by atoms with Crippen molar-refractivity contribution < 1.29 is 4.74 Å². The number of aromatic nitrogens is 1. The minimum Gasteiger partial charge on any atom is -0.455 e. The Morgan fingerprint density at radius 3 is 2.52 bits per heavy atom. The summed E-state index contributed by atoms with van der Waals surface area (Å²) in [6.07, 6.45) is 1.60. The van der Waals surface area contributed by atoms with E-state index < -0.39 is 0 Å². The molecule has 3 N–H and O–H groups in total. The number of hydrogen-bond acceptors (Lipinski definition) is 3. The van der Waals surface area contributed by atoms with Gasteiger partial charge in [-0.3, -0.25) is 5.41 Å². The molecule has 0 fully saturated rings. The smallest absolute Gasteiger partial charge is 0.156 e. The highest BCUT2D eigenvalue weighted by Crippen LogP contribution is 2.35. The van der Waals surface area contributed by atoms with Crippen LogP contribution in [0.3, 0.4) is 0 Å². The van der Waals surface area contributed by atoms with Crippen LogP contribution < -0.4 is 10.5 Å². The Bertz CT molecular complexity index is 672. The van der Waals surface area contributed by atoms with Crippen LogP contribution >= 0.6 is 0 Å². The number of nitrogens with two attached hydrogens (primary N) is 1. The van der Waals surface area contributed by atoms with Crippen molar-refractivity contribution in [3.05, 3.63) is 53.3 Å². The van der Waals surface area contributed by atoms with Crippen LogP contribution in [0.1, 0.15) is 37.6 Å². The van der Waals surface area contributed by atoms with Gasteiger partial charge in [-0.2, -0.15) is 0 Å². The first kappa shape index (κ1) is 15.0. The van der Waals surface area contributed by atoms with E-state index in [0.29, 0.717) is 11.4 Å². The number of aryl methyl sites for hydroxylation is 1. The lowest BCUT2D eigenvalue weighted by molar-refractivity contribution is 0.452. The minimum atomic E-state index is -0.102. The van der Waals surface area contributed by atoms with Crippen LogP contribution in [0.5, 0.6) is 11.5 Å². The average molecular weight is 283 g/mol. The molecule has 4 nitrogen and oxygen atoms in total. The van der Waals surface area contributed by atoms with Gasteiger partial charge in [-0.05, 0) is 30.5 Å². The summed E-state index contributed by atoms with van der Waals surface area (Å²) in [6.45, 7) is 8.49. The third-order valence-corrected chi connectivity index (χ3v) is 3.19. The standard InChI is InChI=1S/C17H21N3O/c1-11-7-8-13(12(10-11)17(2,3)4)21-14-6-5-9-20-15(14)16(18)19/h5-10H,1-4H3,(H3,18,19). The molecule has 1 aromatic carbocycles. The molecule has 0 aliphatic carbocycles. The Hall–Kier alpha value is -2.36. The van der Waals surface area contributed by atoms with Crippen molar-refractivity contribution in [2.24, 2.45) is 5.73 Å². The van der Waals surface area contributed by atoms with Gasteiger partial charge in [0, 0.05) is 11.8 Å². The number of pyridine rings is 1. The number of nitrogen functional groups attached to an aromatic ring is 1. The van der Waals surface area contributed by atoms with Crippen molar-refractivity contribution in [3.63, 3.8) is 0 Å². The van der Waals surface area contributed by atoms with E-state index in [-0.39, 0.29) is 11.3 Å². The number of amidine groups is 1. The number of hydrogen-bond donors (Lipinski definition) is 2. The number of rotatable bonds is 3. The summed E-state index contributed by atoms with van der Waals surface area (Å²) in [5.41, 5.74) is 8.17. The second kappa shape index (κ2) is 5.56. The fourth-order valence-electron chi connectivity index (χ4n) is 2.11. The molecule has 110 valence electrons. The van der Waals surface area contributed by atoms with Crippen LogP contribution in [-0.2, 0) is 5.41 Å². The number of benzene rings is 1. The van der Waals surface area contributed by atoms with Crippen LogP contribution in [0.15, 0.2) is 36.5 Å². The van der Waals surface area contributed by atoms with E-state index in [9.17, 15) is 0 Å². The first-order valence-electron chi connectivity index (χ1n) is 6.87. The summed E-state index contributed by atoms with van der Waals surface area (Å²) in [4.78, 5) is 4.11. The Morgan fingerprint density at radius 1 is 1.19 bits per heavy atom. The highest BCUT2D eigenvalue weighted by Gasteiger charge is 2.20. The fourth-order valence-corrected chi connectivity index (χ4v) is 2.11. The van der Waals surface area contributed by atoms with Crippen molar-refractivity contribution in [3.8, 4) is 11.5 Å². The largest absolute Gasteiger partial charge is 0.455 e. The third kappa shape index (κ3) is 3.40. The van der Waals surface area contributed by atoms with Gasteiger partial charge in [-0.25, -0.2) is 4.98 Å². The van der Waals surface area contributed by atoms with Crippen molar-refractivity contribution in [2.45, 2.75) is 33.1 Å². The zero-order chi connectivity index (χ0) is 15.6. The van der Waals surface area contributed by atoms with E-state index in [0.717, 1.165) is 11.3 Å². The molecule has 0 unspecified atom stereocenters. The fraction of sp³-hybridized carbons (Fsp3) is 0.294. The first-order chi connectivity index (χ1) is 9.79. The summed E-state index contributed by atoms with van der Waals surface area (Å²) < 4.78 is 6.00. The van der Waals surface area contributed by atoms with Gasteiger partial charge in [0.05, 0.1) is 0 Å². The van der Waals surface area contributed by atoms with E-state index in [2.05, 4.69) is 38.7 Å². The summed E-state index contributed by atoms with van der Waals surface area (Å²) in [5, 5.41) is 7.59. The van der Waals surface area contributed by atoms with Crippen LogP contribution in [-0.4, -0.2) is 10.8 Å². The molecule has 0 atom stereocenters. The van der Waals surface area contributed by atoms with Crippen molar-refractivity contribution in [1.82, 2.24) is 4.98 Å². The predicted octanol–water partition coefficient (Wildman–Crippen LogP) is 3.76. The molecule has 0 bridgehead atoms. The zero-order valence-electron chi connectivity index (χ0n) is 12.9. The molecule has 21 heavy (non-hydrogen) atoms. The van der Waals surface area contributed by atoms with Crippen molar-refractivity contribution in [2.75, 3.05) is 0 Å². The molecule has 1 heterocycles. The highest BCUT2D eigenvalue weighted by molar-refractivity contribution is 5.95. The highest BCUT2D eigenvalue weighted by atomic mass is 16.5. The molecular weight excluding hydrogens is 262 g/mol. The van der Waals surface area contributed by atoms with Gasteiger partial charge in [0.25, 0.3) is 0 Å². The molecule has 0 amide bonds. The van der Waals surface area contributed by atoms with Gasteiger partial charge in [0.15, 0.2) is 5.75 Å². The number of nitrogens with zero attached hydrogens (tertiary/aromatic N) is 1. The lowest BCUT2D eigenvalue weighted by atomic mass is 9.85. The molecule has 0 radical (unpaired) electrons. The van der Waals surface area contributed by atoms with E-state index in [1.165, 1.54) is 5.56 Å². The van der Waals surface area contributed by atoms with Crippen LogP contribution in [0, 0.1) is 12.3 Å². The maximum atomic E-state index is 7.59. The molecular formula is C17H21N3O. The zero-order valence-corrected chi connectivity index (χ0v) is 12.9. The summed E-state index contributed by atoms with van der Waals surface area (Å²) >= 11 is 0. The quantitative estimate of drug-likeness (QED) is 0.665. The molecule has 0 aliphatic rings. The molecule has 2 aromatic rings. The van der Waals surface area contributed by atoms with E-state index >= 15 is 0 Å². The Morgan fingerprint density at radius 2 is 1.90 bits per heavy atom. The van der Waals surface area contributed by atoms with E-state index in [4.69, 9.17) is 15.9 Å². The Balaban J connectivity index is 2.48. The van der Waals surface area contributed by atoms with Gasteiger partial charge in [-0.1, -0.05) is 38.5 Å². The molecule has 4 heteroatoms. The number of ether oxygens (including phenoxy) is 1. The second-order valence-corrected chi connectivity index (χ2v) is 6.12. The van der Waals surface area contributed by atoms with Crippen LogP contribution in [0.2, 0.25) is 0 Å². The summed E-state index contributed by atoms with van der Waals surface area (Å²) in [5.74, 6) is 1.16. The Labute approximate surface area is 125 Å². The third-order valence-electron chi connectivity index (χ3n) is 3.19. The monoisotopic (exact) mass is 283 g/mol. The van der Waals surface area contributed by atoms with E-state index in [1.807, 2.05) is 12.1 Å². The van der Waals surface area contributed by atoms with Crippen molar-refractivity contribution in [1.29, 1.82) is 5.41 Å². The van der Waals surface area contributed by atoms with Gasteiger partial charge >= 0.3 is 0 Å². The number of nitrogens with one attached hydrogen (secondary N) is 1.